The molecule has 0 bridgehead atoms. The molecule has 1 amide bonds. The van der Waals surface area contributed by atoms with Crippen molar-refractivity contribution < 1.29 is 14.3 Å². The van der Waals surface area contributed by atoms with Gasteiger partial charge in [0.15, 0.2) is 0 Å². The molecule has 1 aliphatic heterocycles. The van der Waals surface area contributed by atoms with E-state index in [9.17, 15) is 4.79 Å². The van der Waals surface area contributed by atoms with Crippen molar-refractivity contribution in [2.75, 3.05) is 20.3 Å². The fourth-order valence-electron chi connectivity index (χ4n) is 2.61. The van der Waals surface area contributed by atoms with Gasteiger partial charge in [-0.15, -0.1) is 0 Å². The molecule has 1 aliphatic rings. The highest BCUT2D eigenvalue weighted by Gasteiger charge is 2.22. The lowest BCUT2D eigenvalue weighted by Gasteiger charge is -2.19. The number of rotatable bonds is 3. The summed E-state index contributed by atoms with van der Waals surface area (Å²) in [7, 11) is 1.63. The Labute approximate surface area is 135 Å². The number of aryl methyl sites for hydroxylation is 1. The minimum Gasteiger partial charge on any atom is -0.497 e. The van der Waals surface area contributed by atoms with Gasteiger partial charge in [0.2, 0.25) is 0 Å². The summed E-state index contributed by atoms with van der Waals surface area (Å²) in [5.41, 5.74) is 2.39. The first kappa shape index (κ1) is 15.3. The topological polar surface area (TPSA) is 51.7 Å². The Kier molecular flexibility index (Phi) is 4.46. The Balaban J connectivity index is 1.84. The van der Waals surface area contributed by atoms with Crippen LogP contribution in [-0.4, -0.2) is 36.1 Å². The number of benzene rings is 1. The molecule has 120 valence electrons. The number of methoxy groups -OCH3 is 1. The molecular weight excluding hydrogens is 292 g/mol. The first-order valence-corrected chi connectivity index (χ1v) is 7.76. The molecule has 0 unspecified atom stereocenters. The minimum absolute atomic E-state index is 0.0624. The smallest absolute Gasteiger partial charge is 0.272 e. The van der Waals surface area contributed by atoms with Crippen LogP contribution in [0.4, 0.5) is 0 Å². The summed E-state index contributed by atoms with van der Waals surface area (Å²) in [5, 5.41) is 0. The Morgan fingerprint density at radius 2 is 2.22 bits per heavy atom. The van der Waals surface area contributed by atoms with Crippen LogP contribution in [0.15, 0.2) is 36.4 Å². The van der Waals surface area contributed by atoms with Crippen molar-refractivity contribution in [3.8, 4) is 11.5 Å². The van der Waals surface area contributed by atoms with E-state index in [4.69, 9.17) is 9.47 Å². The summed E-state index contributed by atoms with van der Waals surface area (Å²) >= 11 is 0. The second-order valence-electron chi connectivity index (χ2n) is 5.42. The molecule has 2 aromatic rings. The number of amides is 1. The normalized spacial score (nSPS) is 13.7. The molecule has 1 aromatic carbocycles. The van der Waals surface area contributed by atoms with Gasteiger partial charge in [-0.3, -0.25) is 4.79 Å². The number of fused-ring (bicyclic) bond motifs is 1. The fourth-order valence-corrected chi connectivity index (χ4v) is 2.61. The lowest BCUT2D eigenvalue weighted by Crippen LogP contribution is -2.33. The van der Waals surface area contributed by atoms with Crippen LogP contribution in [0.2, 0.25) is 0 Å². The summed E-state index contributed by atoms with van der Waals surface area (Å²) in [4.78, 5) is 18.9. The van der Waals surface area contributed by atoms with Crippen LogP contribution in [0.3, 0.4) is 0 Å². The van der Waals surface area contributed by atoms with Crippen LogP contribution >= 0.6 is 0 Å². The van der Waals surface area contributed by atoms with Crippen LogP contribution < -0.4 is 9.47 Å². The molecule has 0 atom stereocenters. The molecule has 0 spiro atoms. The fraction of sp³-hybridized carbons (Fsp3) is 0.333. The number of ether oxygens (including phenoxy) is 2. The summed E-state index contributed by atoms with van der Waals surface area (Å²) in [6.45, 7) is 3.53. The van der Waals surface area contributed by atoms with E-state index in [1.54, 1.807) is 18.1 Å². The zero-order valence-electron chi connectivity index (χ0n) is 13.4. The van der Waals surface area contributed by atoms with E-state index < -0.39 is 0 Å². The molecule has 23 heavy (non-hydrogen) atoms. The van der Waals surface area contributed by atoms with Gasteiger partial charge in [-0.1, -0.05) is 13.0 Å². The molecule has 0 N–H and O–H groups in total. The number of hydrogen-bond acceptors (Lipinski definition) is 4. The van der Waals surface area contributed by atoms with Gasteiger partial charge in [0.25, 0.3) is 5.91 Å². The zero-order valence-corrected chi connectivity index (χ0v) is 13.4. The van der Waals surface area contributed by atoms with E-state index in [0.29, 0.717) is 25.4 Å². The predicted molar refractivity (Wildman–Crippen MR) is 86.8 cm³/mol. The summed E-state index contributed by atoms with van der Waals surface area (Å²) in [5.74, 6) is 1.46. The van der Waals surface area contributed by atoms with Gasteiger partial charge in [-0.05, 0) is 30.7 Å². The van der Waals surface area contributed by atoms with Gasteiger partial charge in [0.1, 0.15) is 23.8 Å². The van der Waals surface area contributed by atoms with Crippen molar-refractivity contribution in [2.45, 2.75) is 19.9 Å². The molecule has 1 aromatic heterocycles. The van der Waals surface area contributed by atoms with E-state index in [0.717, 1.165) is 29.2 Å². The highest BCUT2D eigenvalue weighted by Crippen LogP contribution is 2.28. The van der Waals surface area contributed by atoms with Gasteiger partial charge in [0, 0.05) is 23.9 Å². The molecule has 0 saturated carbocycles. The Morgan fingerprint density at radius 3 is 3.00 bits per heavy atom. The van der Waals surface area contributed by atoms with Crippen molar-refractivity contribution in [1.82, 2.24) is 9.88 Å². The lowest BCUT2D eigenvalue weighted by atomic mass is 10.1. The second kappa shape index (κ2) is 6.69. The SMILES string of the molecule is CCc1cccc(C(=O)N2CCOc3cc(OC)ccc3C2)n1. The number of nitrogens with zero attached hydrogens (tertiary/aromatic N) is 2. The van der Waals surface area contributed by atoms with Gasteiger partial charge >= 0.3 is 0 Å². The summed E-state index contributed by atoms with van der Waals surface area (Å²) in [6.07, 6.45) is 0.812. The van der Waals surface area contributed by atoms with Gasteiger partial charge in [0.05, 0.1) is 13.7 Å². The van der Waals surface area contributed by atoms with Crippen LogP contribution in [0.25, 0.3) is 0 Å². The van der Waals surface area contributed by atoms with Crippen molar-refractivity contribution >= 4 is 5.91 Å². The number of hydrogen-bond donors (Lipinski definition) is 0. The maximum atomic E-state index is 12.7. The van der Waals surface area contributed by atoms with Crippen molar-refractivity contribution in [3.05, 3.63) is 53.3 Å². The molecule has 5 heteroatoms. The van der Waals surface area contributed by atoms with Crippen molar-refractivity contribution in [2.24, 2.45) is 0 Å². The molecule has 2 heterocycles. The number of aromatic nitrogens is 1. The Bertz CT molecular complexity index is 715. The third-order valence-corrected chi connectivity index (χ3v) is 3.93. The molecule has 3 rings (SSSR count). The van der Waals surface area contributed by atoms with E-state index in [1.165, 1.54) is 0 Å². The van der Waals surface area contributed by atoms with E-state index >= 15 is 0 Å². The Morgan fingerprint density at radius 1 is 1.35 bits per heavy atom. The molecular formula is C18H20N2O3. The molecule has 5 nitrogen and oxygen atoms in total. The average Bonchev–Trinajstić information content (AvgIpc) is 2.82. The van der Waals surface area contributed by atoms with Crippen molar-refractivity contribution in [1.29, 1.82) is 0 Å². The van der Waals surface area contributed by atoms with Crippen LogP contribution in [0, 0.1) is 0 Å². The predicted octanol–water partition coefficient (Wildman–Crippen LogP) is 2.69. The lowest BCUT2D eigenvalue weighted by molar-refractivity contribution is 0.0727. The number of pyridine rings is 1. The van der Waals surface area contributed by atoms with Crippen LogP contribution in [-0.2, 0) is 13.0 Å². The largest absolute Gasteiger partial charge is 0.497 e. The number of carbonyl (C=O) groups excluding carboxylic acids is 1. The average molecular weight is 312 g/mol. The van der Waals surface area contributed by atoms with Gasteiger partial charge < -0.3 is 14.4 Å². The third kappa shape index (κ3) is 3.28. The highest BCUT2D eigenvalue weighted by atomic mass is 16.5. The molecule has 0 fully saturated rings. The molecule has 0 radical (unpaired) electrons. The van der Waals surface area contributed by atoms with Crippen molar-refractivity contribution in [3.63, 3.8) is 0 Å². The van der Waals surface area contributed by atoms with E-state index in [-0.39, 0.29) is 5.91 Å². The first-order valence-electron chi connectivity index (χ1n) is 7.76. The second-order valence-corrected chi connectivity index (χ2v) is 5.42. The quantitative estimate of drug-likeness (QED) is 0.874. The summed E-state index contributed by atoms with van der Waals surface area (Å²) in [6, 6.07) is 11.3. The molecule has 0 saturated heterocycles. The first-order chi connectivity index (χ1) is 11.2. The van der Waals surface area contributed by atoms with E-state index in [1.807, 2.05) is 37.3 Å². The standard InChI is InChI=1S/C18H20N2O3/c1-3-14-5-4-6-16(19-14)18(21)20-9-10-23-17-11-15(22-2)8-7-13(17)12-20/h4-8,11H,3,9-10,12H2,1-2H3. The van der Waals surface area contributed by atoms with E-state index in [2.05, 4.69) is 4.98 Å². The maximum Gasteiger partial charge on any atom is 0.272 e. The minimum atomic E-state index is -0.0624. The van der Waals surface area contributed by atoms with Gasteiger partial charge in [-0.25, -0.2) is 4.98 Å². The van der Waals surface area contributed by atoms with Gasteiger partial charge in [-0.2, -0.15) is 0 Å². The maximum absolute atomic E-state index is 12.7. The highest BCUT2D eigenvalue weighted by molar-refractivity contribution is 5.92. The molecule has 0 aliphatic carbocycles. The van der Waals surface area contributed by atoms with Crippen LogP contribution in [0.1, 0.15) is 28.7 Å². The summed E-state index contributed by atoms with van der Waals surface area (Å²) < 4.78 is 11.0. The zero-order chi connectivity index (χ0) is 16.2. The third-order valence-electron chi connectivity index (χ3n) is 3.93. The number of carbonyl (C=O) groups is 1. The Hall–Kier alpha value is -2.56. The monoisotopic (exact) mass is 312 g/mol. The van der Waals surface area contributed by atoms with Crippen LogP contribution in [0.5, 0.6) is 11.5 Å².